The van der Waals surface area contributed by atoms with Crippen molar-refractivity contribution in [1.29, 1.82) is 0 Å². The van der Waals surface area contributed by atoms with E-state index < -0.39 is 0 Å². The highest BCUT2D eigenvalue weighted by Crippen LogP contribution is 2.29. The molecule has 3 aromatic carbocycles. The summed E-state index contributed by atoms with van der Waals surface area (Å²) in [5, 5.41) is 4.47. The number of nitrogens with one attached hydrogen (secondary N) is 1. The standard InChI is InChI=1S/C21H17FN2S/c22-17-10-6-15(7-11-17)20-14-23-24-21(20)16-8-12-19(13-9-16)25-18-4-2-1-3-5-18/h1-13,20,23H,14H2. The van der Waals surface area contributed by atoms with Gasteiger partial charge in [-0.05, 0) is 47.5 Å². The maximum atomic E-state index is 13.2. The predicted molar refractivity (Wildman–Crippen MR) is 101 cm³/mol. The molecule has 1 atom stereocenters. The van der Waals surface area contributed by atoms with Gasteiger partial charge in [-0.3, -0.25) is 0 Å². The lowest BCUT2D eigenvalue weighted by molar-refractivity contribution is 0.626. The minimum atomic E-state index is -0.213. The molecule has 0 amide bonds. The van der Waals surface area contributed by atoms with Crippen LogP contribution in [0.15, 0.2) is 93.8 Å². The van der Waals surface area contributed by atoms with Crippen LogP contribution < -0.4 is 5.43 Å². The summed E-state index contributed by atoms with van der Waals surface area (Å²) in [6.07, 6.45) is 0. The molecule has 0 aromatic heterocycles. The van der Waals surface area contributed by atoms with E-state index in [0.29, 0.717) is 0 Å². The van der Waals surface area contributed by atoms with Crippen LogP contribution in [0, 0.1) is 5.82 Å². The van der Waals surface area contributed by atoms with E-state index in [1.165, 1.54) is 21.9 Å². The molecule has 3 aromatic rings. The Morgan fingerprint density at radius 2 is 1.52 bits per heavy atom. The highest BCUT2D eigenvalue weighted by Gasteiger charge is 2.24. The molecule has 1 heterocycles. The van der Waals surface area contributed by atoms with Crippen LogP contribution in [0.1, 0.15) is 17.0 Å². The maximum absolute atomic E-state index is 13.2. The van der Waals surface area contributed by atoms with Gasteiger partial charge in [0.05, 0.1) is 5.71 Å². The molecule has 4 heteroatoms. The smallest absolute Gasteiger partial charge is 0.123 e. The first kappa shape index (κ1) is 15.9. The number of nitrogens with zero attached hydrogens (tertiary/aromatic N) is 1. The number of hydrogen-bond acceptors (Lipinski definition) is 3. The second kappa shape index (κ2) is 7.11. The van der Waals surface area contributed by atoms with Gasteiger partial charge in [0, 0.05) is 22.3 Å². The highest BCUT2D eigenvalue weighted by atomic mass is 32.2. The van der Waals surface area contributed by atoms with E-state index >= 15 is 0 Å². The van der Waals surface area contributed by atoms with Gasteiger partial charge in [0.2, 0.25) is 0 Å². The second-order valence-corrected chi connectivity index (χ2v) is 7.05. The van der Waals surface area contributed by atoms with Gasteiger partial charge in [-0.2, -0.15) is 5.10 Å². The Labute approximate surface area is 150 Å². The number of hydrogen-bond donors (Lipinski definition) is 1. The molecule has 1 unspecified atom stereocenters. The molecule has 2 nitrogen and oxygen atoms in total. The lowest BCUT2D eigenvalue weighted by atomic mass is 9.91. The van der Waals surface area contributed by atoms with Crippen LogP contribution in [-0.2, 0) is 0 Å². The number of benzene rings is 3. The third-order valence-corrected chi connectivity index (χ3v) is 5.24. The SMILES string of the molecule is Fc1ccc(C2CNN=C2c2ccc(Sc3ccccc3)cc2)cc1. The van der Waals surface area contributed by atoms with Crippen molar-refractivity contribution in [1.82, 2.24) is 5.43 Å². The fourth-order valence-corrected chi connectivity index (χ4v) is 3.79. The van der Waals surface area contributed by atoms with E-state index in [9.17, 15) is 4.39 Å². The first-order chi connectivity index (χ1) is 12.3. The van der Waals surface area contributed by atoms with Crippen molar-refractivity contribution in [3.05, 3.63) is 95.8 Å². The van der Waals surface area contributed by atoms with Gasteiger partial charge in [-0.15, -0.1) is 0 Å². The van der Waals surface area contributed by atoms with Gasteiger partial charge in [0.25, 0.3) is 0 Å². The molecule has 0 aliphatic carbocycles. The topological polar surface area (TPSA) is 24.4 Å². The molecular formula is C21H17FN2S. The lowest BCUT2D eigenvalue weighted by Gasteiger charge is -2.13. The molecule has 1 N–H and O–H groups in total. The van der Waals surface area contributed by atoms with Crippen molar-refractivity contribution in [2.24, 2.45) is 5.10 Å². The van der Waals surface area contributed by atoms with Gasteiger partial charge in [0.1, 0.15) is 5.82 Å². The summed E-state index contributed by atoms with van der Waals surface area (Å²) in [6.45, 7) is 0.738. The Morgan fingerprint density at radius 3 is 2.24 bits per heavy atom. The summed E-state index contributed by atoms with van der Waals surface area (Å²) in [5.74, 6) is -0.0660. The molecular weight excluding hydrogens is 331 g/mol. The fourth-order valence-electron chi connectivity index (χ4n) is 2.95. The monoisotopic (exact) mass is 348 g/mol. The van der Waals surface area contributed by atoms with E-state index in [-0.39, 0.29) is 11.7 Å². The Balaban J connectivity index is 1.54. The molecule has 0 saturated heterocycles. The van der Waals surface area contributed by atoms with Gasteiger partial charge in [0.15, 0.2) is 0 Å². The van der Waals surface area contributed by atoms with E-state index in [0.717, 1.165) is 23.4 Å². The summed E-state index contributed by atoms with van der Waals surface area (Å²) in [6, 6.07) is 25.5. The van der Waals surface area contributed by atoms with Crippen LogP contribution in [0.3, 0.4) is 0 Å². The van der Waals surface area contributed by atoms with E-state index in [2.05, 4.69) is 46.9 Å². The van der Waals surface area contributed by atoms with E-state index in [4.69, 9.17) is 0 Å². The lowest BCUT2D eigenvalue weighted by Crippen LogP contribution is -2.14. The molecule has 0 spiro atoms. The Bertz CT molecular complexity index is 874. The number of hydrazone groups is 1. The van der Waals surface area contributed by atoms with Crippen LogP contribution in [0.2, 0.25) is 0 Å². The maximum Gasteiger partial charge on any atom is 0.123 e. The number of halogens is 1. The Kier molecular flexibility index (Phi) is 4.53. The molecule has 4 rings (SSSR count). The molecule has 0 saturated carbocycles. The summed E-state index contributed by atoms with van der Waals surface area (Å²) < 4.78 is 13.2. The fraction of sp³-hybridized carbons (Fsp3) is 0.0952. The van der Waals surface area contributed by atoms with Gasteiger partial charge >= 0.3 is 0 Å². The van der Waals surface area contributed by atoms with Crippen LogP contribution in [-0.4, -0.2) is 12.3 Å². The molecule has 0 fully saturated rings. The van der Waals surface area contributed by atoms with Crippen molar-refractivity contribution in [3.8, 4) is 0 Å². The zero-order valence-corrected chi connectivity index (χ0v) is 14.3. The van der Waals surface area contributed by atoms with Crippen molar-refractivity contribution in [2.45, 2.75) is 15.7 Å². The van der Waals surface area contributed by atoms with Crippen molar-refractivity contribution >= 4 is 17.5 Å². The molecule has 124 valence electrons. The van der Waals surface area contributed by atoms with Crippen LogP contribution >= 0.6 is 11.8 Å². The molecule has 1 aliphatic heterocycles. The normalized spacial score (nSPS) is 16.4. The minimum Gasteiger partial charge on any atom is -0.309 e. The summed E-state index contributed by atoms with van der Waals surface area (Å²) in [5.41, 5.74) is 6.25. The van der Waals surface area contributed by atoms with Crippen LogP contribution in [0.4, 0.5) is 4.39 Å². The van der Waals surface area contributed by atoms with Crippen molar-refractivity contribution in [3.63, 3.8) is 0 Å². The minimum absolute atomic E-state index is 0.147. The third-order valence-electron chi connectivity index (χ3n) is 4.23. The quantitative estimate of drug-likeness (QED) is 0.712. The molecule has 1 aliphatic rings. The van der Waals surface area contributed by atoms with Gasteiger partial charge < -0.3 is 5.43 Å². The second-order valence-electron chi connectivity index (χ2n) is 5.90. The zero-order chi connectivity index (χ0) is 17.1. The Morgan fingerprint density at radius 1 is 0.840 bits per heavy atom. The summed E-state index contributed by atoms with van der Waals surface area (Å²) in [7, 11) is 0. The number of rotatable bonds is 4. The zero-order valence-electron chi connectivity index (χ0n) is 13.5. The average Bonchev–Trinajstić information content (AvgIpc) is 3.14. The first-order valence-corrected chi connectivity index (χ1v) is 9.00. The highest BCUT2D eigenvalue weighted by molar-refractivity contribution is 7.99. The largest absolute Gasteiger partial charge is 0.309 e. The summed E-state index contributed by atoms with van der Waals surface area (Å²) >= 11 is 1.74. The van der Waals surface area contributed by atoms with Crippen LogP contribution in [0.25, 0.3) is 0 Å². The predicted octanol–water partition coefficient (Wildman–Crippen LogP) is 5.07. The molecule has 25 heavy (non-hydrogen) atoms. The van der Waals surface area contributed by atoms with Crippen LogP contribution in [0.5, 0.6) is 0 Å². The molecule has 0 bridgehead atoms. The van der Waals surface area contributed by atoms with E-state index in [1.807, 2.05) is 30.3 Å². The van der Waals surface area contributed by atoms with Gasteiger partial charge in [-0.1, -0.05) is 54.2 Å². The summed E-state index contributed by atoms with van der Waals surface area (Å²) in [4.78, 5) is 2.42. The first-order valence-electron chi connectivity index (χ1n) is 8.19. The van der Waals surface area contributed by atoms with Crippen molar-refractivity contribution in [2.75, 3.05) is 6.54 Å². The average molecular weight is 348 g/mol. The Hall–Kier alpha value is -2.59. The van der Waals surface area contributed by atoms with E-state index in [1.54, 1.807) is 11.8 Å². The van der Waals surface area contributed by atoms with Crippen molar-refractivity contribution < 1.29 is 4.39 Å². The van der Waals surface area contributed by atoms with Gasteiger partial charge in [-0.25, -0.2) is 4.39 Å². The third kappa shape index (κ3) is 3.59. The molecule has 0 radical (unpaired) electrons.